The van der Waals surface area contributed by atoms with Gasteiger partial charge in [0.25, 0.3) is 0 Å². The highest BCUT2D eigenvalue weighted by Gasteiger charge is 2.41. The Labute approximate surface area is 141 Å². The van der Waals surface area contributed by atoms with E-state index in [9.17, 15) is 4.79 Å². The Balaban J connectivity index is 2.20. The summed E-state index contributed by atoms with van der Waals surface area (Å²) in [6.45, 7) is 4.31. The standard InChI is InChI=1S/C18H21N3O3/c1-18(2)9-14(20-24-4)12-7-5-6-8-13(12)16(18)21-11-19-10-15(21)17(22)23-3/h5-8,10-11,16H,9H2,1-4H3/b20-14-/t16-/m1/s1. The Kier molecular flexibility index (Phi) is 4.13. The molecule has 0 aliphatic heterocycles. The molecule has 24 heavy (non-hydrogen) atoms. The lowest BCUT2D eigenvalue weighted by molar-refractivity contribution is 0.0582. The smallest absolute Gasteiger partial charge is 0.356 e. The van der Waals surface area contributed by atoms with Gasteiger partial charge in [0, 0.05) is 12.0 Å². The van der Waals surface area contributed by atoms with Crippen molar-refractivity contribution in [2.45, 2.75) is 26.3 Å². The highest BCUT2D eigenvalue weighted by Crippen LogP contribution is 2.46. The molecule has 0 amide bonds. The predicted octanol–water partition coefficient (Wildman–Crippen LogP) is 3.04. The highest BCUT2D eigenvalue weighted by molar-refractivity contribution is 6.03. The van der Waals surface area contributed by atoms with Crippen molar-refractivity contribution in [2.75, 3.05) is 14.2 Å². The van der Waals surface area contributed by atoms with Crippen molar-refractivity contribution >= 4 is 11.7 Å². The number of methoxy groups -OCH3 is 1. The van der Waals surface area contributed by atoms with Crippen molar-refractivity contribution in [1.29, 1.82) is 0 Å². The number of carbonyl (C=O) groups excluding carboxylic acids is 1. The van der Waals surface area contributed by atoms with Gasteiger partial charge in [0.2, 0.25) is 0 Å². The lowest BCUT2D eigenvalue weighted by atomic mass is 9.69. The van der Waals surface area contributed by atoms with Crippen molar-refractivity contribution in [3.63, 3.8) is 0 Å². The number of ether oxygens (including phenoxy) is 1. The molecule has 3 rings (SSSR count). The lowest BCUT2D eigenvalue weighted by Gasteiger charge is -2.41. The van der Waals surface area contributed by atoms with Crippen LogP contribution in [0.5, 0.6) is 0 Å². The predicted molar refractivity (Wildman–Crippen MR) is 90.1 cm³/mol. The van der Waals surface area contributed by atoms with Gasteiger partial charge in [-0.3, -0.25) is 0 Å². The average Bonchev–Trinajstić information content (AvgIpc) is 3.02. The average molecular weight is 327 g/mol. The minimum absolute atomic E-state index is 0.0545. The molecule has 0 unspecified atom stereocenters. The first-order chi connectivity index (χ1) is 11.5. The summed E-state index contributed by atoms with van der Waals surface area (Å²) in [4.78, 5) is 21.3. The number of carbonyl (C=O) groups is 1. The molecule has 1 aromatic heterocycles. The van der Waals surface area contributed by atoms with Crippen LogP contribution in [0.1, 0.15) is 47.9 Å². The van der Waals surface area contributed by atoms with E-state index in [0.717, 1.165) is 23.3 Å². The van der Waals surface area contributed by atoms with Gasteiger partial charge < -0.3 is 14.1 Å². The van der Waals surface area contributed by atoms with Crippen LogP contribution in [-0.2, 0) is 9.57 Å². The topological polar surface area (TPSA) is 65.7 Å². The summed E-state index contributed by atoms with van der Waals surface area (Å²) in [7, 11) is 2.93. The van der Waals surface area contributed by atoms with Crippen molar-refractivity contribution in [3.05, 3.63) is 53.6 Å². The van der Waals surface area contributed by atoms with E-state index in [1.165, 1.54) is 7.11 Å². The molecular weight excluding hydrogens is 306 g/mol. The molecule has 0 saturated heterocycles. The molecule has 6 heteroatoms. The van der Waals surface area contributed by atoms with Gasteiger partial charge in [-0.15, -0.1) is 0 Å². The zero-order chi connectivity index (χ0) is 17.3. The molecule has 0 N–H and O–H groups in total. The number of imidazole rings is 1. The molecule has 6 nitrogen and oxygen atoms in total. The van der Waals surface area contributed by atoms with Gasteiger partial charge in [0.05, 0.1) is 31.4 Å². The maximum absolute atomic E-state index is 12.1. The summed E-state index contributed by atoms with van der Waals surface area (Å²) in [5.74, 6) is -0.392. The number of fused-ring (bicyclic) bond motifs is 1. The lowest BCUT2D eigenvalue weighted by Crippen LogP contribution is -2.37. The first-order valence-electron chi connectivity index (χ1n) is 7.79. The van der Waals surface area contributed by atoms with Gasteiger partial charge in [0.15, 0.2) is 0 Å². The van der Waals surface area contributed by atoms with Crippen molar-refractivity contribution in [3.8, 4) is 0 Å². The molecule has 0 fully saturated rings. The van der Waals surface area contributed by atoms with Crippen molar-refractivity contribution < 1.29 is 14.4 Å². The van der Waals surface area contributed by atoms with Gasteiger partial charge in [0.1, 0.15) is 12.8 Å². The molecule has 1 atom stereocenters. The Morgan fingerprint density at radius 1 is 1.33 bits per heavy atom. The Morgan fingerprint density at radius 2 is 2.08 bits per heavy atom. The highest BCUT2D eigenvalue weighted by atomic mass is 16.6. The first-order valence-corrected chi connectivity index (χ1v) is 7.79. The van der Waals surface area contributed by atoms with Crippen LogP contribution >= 0.6 is 0 Å². The van der Waals surface area contributed by atoms with Crippen LogP contribution in [0.4, 0.5) is 0 Å². The molecule has 0 saturated carbocycles. The normalized spacial score (nSPS) is 20.5. The van der Waals surface area contributed by atoms with Crippen LogP contribution in [0, 0.1) is 5.41 Å². The third-order valence-corrected chi connectivity index (χ3v) is 4.47. The van der Waals surface area contributed by atoms with E-state index < -0.39 is 5.97 Å². The fourth-order valence-corrected chi connectivity index (χ4v) is 3.53. The molecule has 0 bridgehead atoms. The molecule has 1 aliphatic rings. The molecule has 0 radical (unpaired) electrons. The molecule has 0 spiro atoms. The largest absolute Gasteiger partial charge is 0.464 e. The van der Waals surface area contributed by atoms with Gasteiger partial charge in [-0.1, -0.05) is 43.3 Å². The van der Waals surface area contributed by atoms with Crippen molar-refractivity contribution in [2.24, 2.45) is 10.6 Å². The van der Waals surface area contributed by atoms with E-state index in [-0.39, 0.29) is 11.5 Å². The second kappa shape index (κ2) is 6.11. The maximum atomic E-state index is 12.1. The van der Waals surface area contributed by atoms with Crippen LogP contribution in [0.2, 0.25) is 0 Å². The Morgan fingerprint density at radius 3 is 2.79 bits per heavy atom. The van der Waals surface area contributed by atoms with E-state index in [1.54, 1.807) is 19.6 Å². The van der Waals surface area contributed by atoms with E-state index in [0.29, 0.717) is 5.69 Å². The zero-order valence-corrected chi connectivity index (χ0v) is 14.3. The Bertz CT molecular complexity index is 792. The molecule has 1 aliphatic carbocycles. The number of esters is 1. The molecular formula is C18H21N3O3. The minimum atomic E-state index is -0.392. The fraction of sp³-hybridized carbons (Fsp3) is 0.389. The third-order valence-electron chi connectivity index (χ3n) is 4.47. The number of hydrogen-bond acceptors (Lipinski definition) is 5. The Hall–Kier alpha value is -2.63. The van der Waals surface area contributed by atoms with E-state index >= 15 is 0 Å². The summed E-state index contributed by atoms with van der Waals surface area (Å²) in [5.41, 5.74) is 3.29. The quantitative estimate of drug-likeness (QED) is 0.642. The summed E-state index contributed by atoms with van der Waals surface area (Å²) in [6, 6.07) is 8.01. The number of hydrogen-bond donors (Lipinski definition) is 0. The number of oxime groups is 1. The van der Waals surface area contributed by atoms with Crippen LogP contribution in [0.15, 0.2) is 41.9 Å². The molecule has 2 aromatic rings. The molecule has 1 heterocycles. The van der Waals surface area contributed by atoms with Crippen molar-refractivity contribution in [1.82, 2.24) is 9.55 Å². The minimum Gasteiger partial charge on any atom is -0.464 e. The van der Waals surface area contributed by atoms with Gasteiger partial charge >= 0.3 is 5.97 Å². The van der Waals surface area contributed by atoms with E-state index in [2.05, 4.69) is 30.1 Å². The maximum Gasteiger partial charge on any atom is 0.356 e. The van der Waals surface area contributed by atoms with E-state index in [4.69, 9.17) is 9.57 Å². The number of rotatable bonds is 3. The SMILES string of the molecule is CO/N=C1/CC(C)(C)[C@H](n2cncc2C(=O)OC)c2ccccc21. The second-order valence-corrected chi connectivity index (χ2v) is 6.55. The van der Waals surface area contributed by atoms with Crippen LogP contribution < -0.4 is 0 Å². The van der Waals surface area contributed by atoms with Crippen LogP contribution in [-0.4, -0.2) is 35.5 Å². The van der Waals surface area contributed by atoms with Gasteiger partial charge in [-0.25, -0.2) is 9.78 Å². The van der Waals surface area contributed by atoms with E-state index in [1.807, 2.05) is 22.8 Å². The fourth-order valence-electron chi connectivity index (χ4n) is 3.53. The number of nitrogens with zero attached hydrogens (tertiary/aromatic N) is 3. The summed E-state index contributed by atoms with van der Waals surface area (Å²) in [5, 5.41) is 4.21. The van der Waals surface area contributed by atoms with Crippen LogP contribution in [0.3, 0.4) is 0 Å². The number of benzene rings is 1. The van der Waals surface area contributed by atoms with Gasteiger partial charge in [-0.2, -0.15) is 0 Å². The molecule has 1 aromatic carbocycles. The first kappa shape index (κ1) is 16.2. The second-order valence-electron chi connectivity index (χ2n) is 6.55. The third kappa shape index (κ3) is 2.58. The summed E-state index contributed by atoms with van der Waals surface area (Å²) >= 11 is 0. The summed E-state index contributed by atoms with van der Waals surface area (Å²) in [6.07, 6.45) is 3.96. The molecule has 126 valence electrons. The zero-order valence-electron chi connectivity index (χ0n) is 14.3. The monoisotopic (exact) mass is 327 g/mol. The van der Waals surface area contributed by atoms with Crippen LogP contribution in [0.25, 0.3) is 0 Å². The summed E-state index contributed by atoms with van der Waals surface area (Å²) < 4.78 is 6.80. The number of aromatic nitrogens is 2. The van der Waals surface area contributed by atoms with Gasteiger partial charge in [-0.05, 0) is 11.0 Å².